The van der Waals surface area contributed by atoms with Crippen molar-refractivity contribution in [3.63, 3.8) is 0 Å². The molecule has 1 saturated heterocycles. The lowest BCUT2D eigenvalue weighted by Crippen LogP contribution is -2.41. The van der Waals surface area contributed by atoms with E-state index in [1.165, 1.54) is 6.07 Å². The van der Waals surface area contributed by atoms with E-state index < -0.39 is 5.63 Å². The molecule has 2 aromatic rings. The van der Waals surface area contributed by atoms with Crippen LogP contribution >= 0.6 is 0 Å². The highest BCUT2D eigenvalue weighted by molar-refractivity contribution is 5.94. The Balaban J connectivity index is 1.58. The Hall–Kier alpha value is -3.07. The third-order valence-corrected chi connectivity index (χ3v) is 4.16. The Labute approximate surface area is 145 Å². The predicted molar refractivity (Wildman–Crippen MR) is 90.4 cm³/mol. The molecule has 1 fully saturated rings. The van der Waals surface area contributed by atoms with Gasteiger partial charge in [0.25, 0.3) is 5.91 Å². The van der Waals surface area contributed by atoms with Gasteiger partial charge in [0.05, 0.1) is 17.7 Å². The molecule has 1 aliphatic heterocycles. The third-order valence-electron chi connectivity index (χ3n) is 4.16. The number of nitrogens with zero attached hydrogens (tertiary/aromatic N) is 2. The fourth-order valence-corrected chi connectivity index (χ4v) is 2.88. The third kappa shape index (κ3) is 4.07. The SMILES string of the molecule is Cc1cc(OC2CCN(C(=O)c3ccc(C#N)cc3)CC2)cc(=O)o1. The first kappa shape index (κ1) is 16.8. The van der Waals surface area contributed by atoms with Crippen LogP contribution in [0.2, 0.25) is 0 Å². The summed E-state index contributed by atoms with van der Waals surface area (Å²) in [5, 5.41) is 8.82. The van der Waals surface area contributed by atoms with Gasteiger partial charge in [-0.2, -0.15) is 5.26 Å². The van der Waals surface area contributed by atoms with Crippen molar-refractivity contribution < 1.29 is 13.9 Å². The highest BCUT2D eigenvalue weighted by atomic mass is 16.5. The maximum atomic E-state index is 12.5. The van der Waals surface area contributed by atoms with E-state index in [9.17, 15) is 9.59 Å². The standard InChI is InChI=1S/C19H18N2O4/c1-13-10-17(11-18(22)24-13)25-16-6-8-21(9-7-16)19(23)15-4-2-14(12-20)3-5-15/h2-5,10-11,16H,6-9H2,1H3. The summed E-state index contributed by atoms with van der Waals surface area (Å²) < 4.78 is 10.8. The number of carbonyl (C=O) groups excluding carboxylic acids is 1. The molecule has 6 nitrogen and oxygen atoms in total. The molecule has 0 unspecified atom stereocenters. The van der Waals surface area contributed by atoms with Crippen LogP contribution < -0.4 is 10.4 Å². The molecule has 0 N–H and O–H groups in total. The molecule has 6 heteroatoms. The van der Waals surface area contributed by atoms with Crippen molar-refractivity contribution in [2.75, 3.05) is 13.1 Å². The van der Waals surface area contributed by atoms with E-state index in [2.05, 4.69) is 0 Å². The van der Waals surface area contributed by atoms with Crippen molar-refractivity contribution in [1.29, 1.82) is 5.26 Å². The molecule has 128 valence electrons. The van der Waals surface area contributed by atoms with Gasteiger partial charge in [0.15, 0.2) is 0 Å². The van der Waals surface area contributed by atoms with Crippen LogP contribution in [0.4, 0.5) is 0 Å². The number of amides is 1. The molecule has 0 atom stereocenters. The van der Waals surface area contributed by atoms with E-state index in [0.717, 1.165) is 0 Å². The zero-order chi connectivity index (χ0) is 17.8. The molecular weight excluding hydrogens is 320 g/mol. The highest BCUT2D eigenvalue weighted by Crippen LogP contribution is 2.20. The molecule has 25 heavy (non-hydrogen) atoms. The first-order valence-electron chi connectivity index (χ1n) is 8.13. The van der Waals surface area contributed by atoms with Crippen LogP contribution in [0.15, 0.2) is 45.6 Å². The van der Waals surface area contributed by atoms with Crippen LogP contribution in [0.1, 0.15) is 34.5 Å². The van der Waals surface area contributed by atoms with Gasteiger partial charge in [0.2, 0.25) is 0 Å². The summed E-state index contributed by atoms with van der Waals surface area (Å²) in [7, 11) is 0. The number of hydrogen-bond acceptors (Lipinski definition) is 5. The second-order valence-corrected chi connectivity index (χ2v) is 6.02. The minimum Gasteiger partial charge on any atom is -0.490 e. The van der Waals surface area contributed by atoms with Gasteiger partial charge < -0.3 is 14.1 Å². The van der Waals surface area contributed by atoms with Gasteiger partial charge in [-0.25, -0.2) is 4.79 Å². The van der Waals surface area contributed by atoms with E-state index >= 15 is 0 Å². The Morgan fingerprint density at radius 3 is 2.52 bits per heavy atom. The lowest BCUT2D eigenvalue weighted by Gasteiger charge is -2.32. The molecule has 2 heterocycles. The van der Waals surface area contributed by atoms with E-state index in [-0.39, 0.29) is 12.0 Å². The van der Waals surface area contributed by atoms with Crippen molar-refractivity contribution in [1.82, 2.24) is 4.90 Å². The molecule has 1 aromatic heterocycles. The lowest BCUT2D eigenvalue weighted by molar-refractivity contribution is 0.0594. The topological polar surface area (TPSA) is 83.5 Å². The quantitative estimate of drug-likeness (QED) is 0.858. The number of aryl methyl sites for hydroxylation is 1. The Morgan fingerprint density at radius 1 is 1.24 bits per heavy atom. The summed E-state index contributed by atoms with van der Waals surface area (Å²) in [5.74, 6) is 0.973. The number of benzene rings is 1. The molecule has 0 radical (unpaired) electrons. The molecule has 1 amide bonds. The van der Waals surface area contributed by atoms with Crippen molar-refractivity contribution in [2.24, 2.45) is 0 Å². The Morgan fingerprint density at radius 2 is 1.92 bits per heavy atom. The van der Waals surface area contributed by atoms with Crippen molar-refractivity contribution in [3.8, 4) is 11.8 Å². The number of hydrogen-bond donors (Lipinski definition) is 0. The van der Waals surface area contributed by atoms with Crippen LogP contribution in [0.25, 0.3) is 0 Å². The van der Waals surface area contributed by atoms with E-state index in [1.807, 2.05) is 6.07 Å². The number of piperidine rings is 1. The summed E-state index contributed by atoms with van der Waals surface area (Å²) in [6.07, 6.45) is 1.36. The first-order chi connectivity index (χ1) is 12.0. The molecule has 0 spiro atoms. The largest absolute Gasteiger partial charge is 0.490 e. The maximum Gasteiger partial charge on any atom is 0.339 e. The van der Waals surface area contributed by atoms with Crippen LogP contribution in [0, 0.1) is 18.3 Å². The summed E-state index contributed by atoms with van der Waals surface area (Å²) in [5.41, 5.74) is 0.685. The molecule has 0 aliphatic carbocycles. The highest BCUT2D eigenvalue weighted by Gasteiger charge is 2.25. The molecule has 3 rings (SSSR count). The average molecular weight is 338 g/mol. The van der Waals surface area contributed by atoms with Gasteiger partial charge in [0, 0.05) is 37.6 Å². The molecule has 0 bridgehead atoms. The molecule has 1 aliphatic rings. The van der Waals surface area contributed by atoms with Gasteiger partial charge in [0.1, 0.15) is 17.6 Å². The summed E-state index contributed by atoms with van der Waals surface area (Å²) >= 11 is 0. The smallest absolute Gasteiger partial charge is 0.339 e. The first-order valence-corrected chi connectivity index (χ1v) is 8.13. The predicted octanol–water partition coefficient (Wildman–Crippen LogP) is 2.50. The Bertz CT molecular complexity index is 856. The second-order valence-electron chi connectivity index (χ2n) is 6.02. The number of likely N-dealkylation sites (tertiary alicyclic amines) is 1. The van der Waals surface area contributed by atoms with Gasteiger partial charge >= 0.3 is 5.63 Å². The second kappa shape index (κ2) is 7.22. The average Bonchev–Trinajstić information content (AvgIpc) is 2.61. The van der Waals surface area contributed by atoms with Crippen LogP contribution in [0.5, 0.6) is 5.75 Å². The number of rotatable bonds is 3. The zero-order valence-electron chi connectivity index (χ0n) is 13.9. The molecular formula is C19H18N2O4. The van der Waals surface area contributed by atoms with Gasteiger partial charge in [-0.3, -0.25) is 4.79 Å². The molecule has 0 saturated carbocycles. The van der Waals surface area contributed by atoms with Crippen molar-refractivity contribution >= 4 is 5.91 Å². The fourth-order valence-electron chi connectivity index (χ4n) is 2.88. The van der Waals surface area contributed by atoms with Crippen LogP contribution in [-0.4, -0.2) is 30.0 Å². The van der Waals surface area contributed by atoms with Gasteiger partial charge in [-0.15, -0.1) is 0 Å². The summed E-state index contributed by atoms with van der Waals surface area (Å²) in [4.78, 5) is 25.7. The van der Waals surface area contributed by atoms with E-state index in [1.54, 1.807) is 42.2 Å². The van der Waals surface area contributed by atoms with Crippen molar-refractivity contribution in [3.05, 3.63) is 63.7 Å². The summed E-state index contributed by atoms with van der Waals surface area (Å²) in [6.45, 7) is 2.88. The number of carbonyl (C=O) groups is 1. The van der Waals surface area contributed by atoms with Crippen LogP contribution in [-0.2, 0) is 0 Å². The van der Waals surface area contributed by atoms with E-state index in [4.69, 9.17) is 14.4 Å². The van der Waals surface area contributed by atoms with Gasteiger partial charge in [-0.1, -0.05) is 0 Å². The number of ether oxygens (including phenoxy) is 1. The fraction of sp³-hybridized carbons (Fsp3) is 0.316. The van der Waals surface area contributed by atoms with Gasteiger partial charge in [-0.05, 0) is 31.2 Å². The monoisotopic (exact) mass is 338 g/mol. The number of nitriles is 1. The van der Waals surface area contributed by atoms with Crippen LogP contribution in [0.3, 0.4) is 0 Å². The normalized spacial score (nSPS) is 14.8. The zero-order valence-corrected chi connectivity index (χ0v) is 13.9. The lowest BCUT2D eigenvalue weighted by atomic mass is 10.1. The summed E-state index contributed by atoms with van der Waals surface area (Å²) in [6, 6.07) is 11.7. The minimum absolute atomic E-state index is 0.0359. The minimum atomic E-state index is -0.427. The van der Waals surface area contributed by atoms with Crippen molar-refractivity contribution in [2.45, 2.75) is 25.9 Å². The van der Waals surface area contributed by atoms with E-state index in [0.29, 0.717) is 48.6 Å². The Kier molecular flexibility index (Phi) is 4.85. The maximum absolute atomic E-state index is 12.5. The molecule has 1 aromatic carbocycles.